The summed E-state index contributed by atoms with van der Waals surface area (Å²) in [7, 11) is 0. The van der Waals surface area contributed by atoms with Gasteiger partial charge in [0.1, 0.15) is 11.6 Å². The minimum atomic E-state index is 0.0197. The van der Waals surface area contributed by atoms with Crippen LogP contribution in [0, 0.1) is 19.8 Å². The summed E-state index contributed by atoms with van der Waals surface area (Å²) in [4.78, 5) is 25.7. The third kappa shape index (κ3) is 2.53. The Morgan fingerprint density at radius 3 is 2.83 bits per heavy atom. The Hall–Kier alpha value is -2.44. The maximum atomic E-state index is 12.9. The van der Waals surface area contributed by atoms with E-state index in [2.05, 4.69) is 20.0 Å². The minimum absolute atomic E-state index is 0.0197. The van der Waals surface area contributed by atoms with E-state index in [0.717, 1.165) is 42.2 Å². The number of fused-ring (bicyclic) bond motifs is 4. The summed E-state index contributed by atoms with van der Waals surface area (Å²) < 4.78 is 5.26. The van der Waals surface area contributed by atoms with E-state index in [9.17, 15) is 4.79 Å². The van der Waals surface area contributed by atoms with E-state index >= 15 is 0 Å². The summed E-state index contributed by atoms with van der Waals surface area (Å²) in [5.41, 5.74) is 1.90. The van der Waals surface area contributed by atoms with Gasteiger partial charge in [-0.2, -0.15) is 0 Å². The summed E-state index contributed by atoms with van der Waals surface area (Å²) in [6.07, 6.45) is 7.11. The lowest BCUT2D eigenvalue weighted by atomic mass is 9.93. The molecule has 2 aromatic heterocycles. The lowest BCUT2D eigenvalue weighted by Crippen LogP contribution is -2.47. The number of carbonyl (C=O) groups excluding carboxylic acids is 1. The summed E-state index contributed by atoms with van der Waals surface area (Å²) >= 11 is 0. The third-order valence-corrected chi connectivity index (χ3v) is 5.18. The zero-order valence-corrected chi connectivity index (χ0v) is 14.0. The number of anilines is 1. The highest BCUT2D eigenvalue weighted by Gasteiger charge is 2.41. The van der Waals surface area contributed by atoms with Crippen LogP contribution in [0.2, 0.25) is 0 Å². The van der Waals surface area contributed by atoms with Crippen molar-refractivity contribution >= 4 is 11.7 Å². The highest BCUT2D eigenvalue weighted by molar-refractivity contribution is 5.81. The first kappa shape index (κ1) is 15.1. The molecule has 2 atom stereocenters. The largest absolute Gasteiger partial charge is 0.361 e. The van der Waals surface area contributed by atoms with Crippen molar-refractivity contribution in [1.82, 2.24) is 20.0 Å². The smallest absolute Gasteiger partial charge is 0.228 e. The Kier molecular flexibility index (Phi) is 3.70. The summed E-state index contributed by atoms with van der Waals surface area (Å²) in [5, 5.41) is 4.01. The number of piperidine rings is 1. The zero-order chi connectivity index (χ0) is 16.7. The van der Waals surface area contributed by atoms with Crippen molar-refractivity contribution in [2.45, 2.75) is 39.3 Å². The topological polar surface area (TPSA) is 75.4 Å². The predicted molar refractivity (Wildman–Crippen MR) is 87.3 cm³/mol. The van der Waals surface area contributed by atoms with Crippen LogP contribution < -0.4 is 4.90 Å². The van der Waals surface area contributed by atoms with Crippen LogP contribution in [0.3, 0.4) is 0 Å². The molecule has 0 radical (unpaired) electrons. The van der Waals surface area contributed by atoms with Crippen LogP contribution >= 0.6 is 0 Å². The van der Waals surface area contributed by atoms with Crippen molar-refractivity contribution in [3.05, 3.63) is 35.6 Å². The van der Waals surface area contributed by atoms with E-state index in [1.54, 1.807) is 18.6 Å². The van der Waals surface area contributed by atoms with Crippen molar-refractivity contribution < 1.29 is 9.32 Å². The predicted octanol–water partition coefficient (Wildman–Crippen LogP) is 1.71. The van der Waals surface area contributed by atoms with Gasteiger partial charge in [-0.3, -0.25) is 9.78 Å². The highest BCUT2D eigenvalue weighted by atomic mass is 16.5. The molecule has 2 bridgehead atoms. The van der Waals surface area contributed by atoms with E-state index in [0.29, 0.717) is 13.1 Å². The number of nitrogens with zero attached hydrogens (tertiary/aromatic N) is 5. The fraction of sp³-hybridized carbons (Fsp3) is 0.529. The molecule has 5 heterocycles. The monoisotopic (exact) mass is 327 g/mol. The average Bonchev–Trinajstić information content (AvgIpc) is 2.79. The fourth-order valence-corrected chi connectivity index (χ4v) is 3.79. The first-order valence-corrected chi connectivity index (χ1v) is 8.36. The first-order valence-electron chi connectivity index (χ1n) is 8.36. The number of rotatable bonds is 3. The van der Waals surface area contributed by atoms with E-state index in [4.69, 9.17) is 4.52 Å². The van der Waals surface area contributed by atoms with Crippen molar-refractivity contribution in [2.24, 2.45) is 5.92 Å². The van der Waals surface area contributed by atoms with Gasteiger partial charge < -0.3 is 14.3 Å². The number of aryl methyl sites for hydroxylation is 2. The van der Waals surface area contributed by atoms with Crippen molar-refractivity contribution in [3.63, 3.8) is 0 Å². The molecular formula is C17H21N5O2. The quantitative estimate of drug-likeness (QED) is 0.854. The molecule has 3 aliphatic heterocycles. The molecular weight excluding hydrogens is 306 g/mol. The molecule has 1 amide bonds. The lowest BCUT2D eigenvalue weighted by molar-refractivity contribution is -0.140. The van der Waals surface area contributed by atoms with Crippen molar-refractivity contribution in [1.29, 1.82) is 0 Å². The average molecular weight is 327 g/mol. The van der Waals surface area contributed by atoms with Crippen LogP contribution in [0.1, 0.15) is 29.9 Å². The molecule has 5 rings (SSSR count). The molecule has 0 aliphatic carbocycles. The van der Waals surface area contributed by atoms with Crippen LogP contribution in [0.15, 0.2) is 23.1 Å². The Bertz CT molecular complexity index is 725. The molecule has 7 heteroatoms. The summed E-state index contributed by atoms with van der Waals surface area (Å²) in [6, 6.07) is 0.187. The molecule has 0 saturated carbocycles. The molecule has 0 unspecified atom stereocenters. The number of hydrogen-bond donors (Lipinski definition) is 0. The van der Waals surface area contributed by atoms with Gasteiger partial charge >= 0.3 is 0 Å². The lowest BCUT2D eigenvalue weighted by Gasteiger charge is -2.35. The van der Waals surface area contributed by atoms with Gasteiger partial charge in [-0.1, -0.05) is 5.16 Å². The normalized spacial score (nSPS) is 23.7. The maximum absolute atomic E-state index is 12.9. The molecule has 0 N–H and O–H groups in total. The first-order chi connectivity index (χ1) is 11.6. The van der Waals surface area contributed by atoms with Gasteiger partial charge in [0.15, 0.2) is 0 Å². The van der Waals surface area contributed by atoms with Crippen molar-refractivity contribution in [3.8, 4) is 0 Å². The number of hydrogen-bond acceptors (Lipinski definition) is 6. The van der Waals surface area contributed by atoms with Crippen LogP contribution in [0.4, 0.5) is 5.82 Å². The SMILES string of the molecule is Cc1noc(C)c1CN1C(=O)[C@H]2CC[C@@H]1CN(c1cnccn1)C2. The van der Waals surface area contributed by atoms with Crippen LogP contribution in [0.5, 0.6) is 0 Å². The molecule has 3 saturated heterocycles. The van der Waals surface area contributed by atoms with E-state index in [1.165, 1.54) is 0 Å². The molecule has 3 aliphatic rings. The van der Waals surface area contributed by atoms with Crippen LogP contribution in [-0.2, 0) is 11.3 Å². The number of aromatic nitrogens is 3. The summed E-state index contributed by atoms with van der Waals surface area (Å²) in [5.74, 6) is 1.90. The molecule has 126 valence electrons. The molecule has 7 nitrogen and oxygen atoms in total. The second kappa shape index (κ2) is 5.89. The Labute approximate surface area is 140 Å². The standard InChI is InChI=1S/C17H21N5O2/c1-11-15(12(2)24-20-11)10-22-14-4-3-13(17(22)23)8-21(9-14)16-7-18-5-6-19-16/h5-7,13-14H,3-4,8-10H2,1-2H3/t13-,14+/m0/s1. The number of amides is 1. The Balaban J connectivity index is 1.60. The van der Waals surface area contributed by atoms with Gasteiger partial charge in [0, 0.05) is 37.1 Å². The highest BCUT2D eigenvalue weighted by Crippen LogP contribution is 2.32. The molecule has 24 heavy (non-hydrogen) atoms. The van der Waals surface area contributed by atoms with Crippen LogP contribution in [-0.4, -0.2) is 45.1 Å². The molecule has 0 spiro atoms. The fourth-order valence-electron chi connectivity index (χ4n) is 3.79. The van der Waals surface area contributed by atoms with E-state index < -0.39 is 0 Å². The van der Waals surface area contributed by atoms with Gasteiger partial charge in [-0.15, -0.1) is 0 Å². The second-order valence-electron chi connectivity index (χ2n) is 6.67. The van der Waals surface area contributed by atoms with Crippen LogP contribution in [0.25, 0.3) is 0 Å². The van der Waals surface area contributed by atoms with Gasteiger partial charge in [-0.25, -0.2) is 4.98 Å². The zero-order valence-electron chi connectivity index (χ0n) is 14.0. The number of carbonyl (C=O) groups is 1. The van der Waals surface area contributed by atoms with E-state index in [1.807, 2.05) is 18.7 Å². The Morgan fingerprint density at radius 1 is 1.25 bits per heavy atom. The van der Waals surface area contributed by atoms with Gasteiger partial charge in [-0.05, 0) is 26.7 Å². The maximum Gasteiger partial charge on any atom is 0.228 e. The van der Waals surface area contributed by atoms with Gasteiger partial charge in [0.2, 0.25) is 5.91 Å². The van der Waals surface area contributed by atoms with Gasteiger partial charge in [0.05, 0.1) is 24.4 Å². The summed E-state index contributed by atoms with van der Waals surface area (Å²) in [6.45, 7) is 5.92. The van der Waals surface area contributed by atoms with Gasteiger partial charge in [0.25, 0.3) is 0 Å². The Morgan fingerprint density at radius 2 is 2.12 bits per heavy atom. The minimum Gasteiger partial charge on any atom is -0.361 e. The van der Waals surface area contributed by atoms with E-state index in [-0.39, 0.29) is 17.9 Å². The third-order valence-electron chi connectivity index (χ3n) is 5.18. The molecule has 0 aromatic carbocycles. The molecule has 2 aromatic rings. The second-order valence-corrected chi connectivity index (χ2v) is 6.67. The molecule has 3 fully saturated rings. The van der Waals surface area contributed by atoms with Crippen molar-refractivity contribution in [2.75, 3.05) is 18.0 Å².